The molecular weight excluding hydrogens is 404 g/mol. The number of piperazine rings is 1. The Morgan fingerprint density at radius 2 is 1.68 bits per heavy atom. The van der Waals surface area contributed by atoms with Crippen molar-refractivity contribution in [3.05, 3.63) is 18.2 Å². The van der Waals surface area contributed by atoms with Gasteiger partial charge in [0.2, 0.25) is 0 Å². The minimum Gasteiger partial charge on any atom is -0.493 e. The number of hydrogen-bond donors (Lipinski definition) is 0. The second-order valence-corrected chi connectivity index (χ2v) is 11.5. The molecule has 2 fully saturated rings. The lowest BCUT2D eigenvalue weighted by atomic mass is 10.2. The van der Waals surface area contributed by atoms with Gasteiger partial charge in [-0.05, 0) is 18.7 Å². The van der Waals surface area contributed by atoms with Crippen LogP contribution in [0.15, 0.2) is 23.1 Å². The zero-order valence-corrected chi connectivity index (χ0v) is 18.1. The summed E-state index contributed by atoms with van der Waals surface area (Å²) < 4.78 is 61.9. The largest absolute Gasteiger partial charge is 0.493 e. The van der Waals surface area contributed by atoms with Crippen LogP contribution in [0.25, 0.3) is 0 Å². The fourth-order valence-corrected chi connectivity index (χ4v) is 8.86. The van der Waals surface area contributed by atoms with E-state index in [-0.39, 0.29) is 16.4 Å². The highest BCUT2D eigenvalue weighted by atomic mass is 32.2. The quantitative estimate of drug-likeness (QED) is 0.633. The Morgan fingerprint density at radius 1 is 1.04 bits per heavy atom. The first-order valence-electron chi connectivity index (χ1n) is 9.34. The average Bonchev–Trinajstić information content (AvgIpc) is 3.03. The van der Waals surface area contributed by atoms with Crippen LogP contribution in [0.5, 0.6) is 11.5 Å². The van der Waals surface area contributed by atoms with Crippen LogP contribution in [0.4, 0.5) is 0 Å². The topological polar surface area (TPSA) is 93.2 Å². The van der Waals surface area contributed by atoms with Gasteiger partial charge in [-0.15, -0.1) is 0 Å². The molecule has 0 spiro atoms. The Morgan fingerprint density at radius 3 is 2.25 bits per heavy atom. The molecule has 0 N–H and O–H groups in total. The van der Waals surface area contributed by atoms with E-state index in [9.17, 15) is 16.8 Å². The molecule has 10 heteroatoms. The molecule has 3 rings (SSSR count). The van der Waals surface area contributed by atoms with Crippen molar-refractivity contribution in [3.63, 3.8) is 0 Å². The molecule has 0 aromatic heterocycles. The summed E-state index contributed by atoms with van der Waals surface area (Å²) in [4.78, 5) is 4.36. The number of benzene rings is 1. The maximum atomic E-state index is 13.4. The summed E-state index contributed by atoms with van der Waals surface area (Å²) in [5.41, 5.74) is 0. The molecule has 2 aliphatic rings. The zero-order valence-electron chi connectivity index (χ0n) is 16.5. The summed E-state index contributed by atoms with van der Waals surface area (Å²) in [5.74, 6) is 0.267. The monoisotopic (exact) mass is 432 g/mol. The van der Waals surface area contributed by atoms with Gasteiger partial charge in [0.05, 0.1) is 35.9 Å². The van der Waals surface area contributed by atoms with E-state index >= 15 is 0 Å². The highest BCUT2D eigenvalue weighted by Crippen LogP contribution is 2.34. The Kier molecular flexibility index (Phi) is 6.23. The van der Waals surface area contributed by atoms with Crippen molar-refractivity contribution in [1.29, 1.82) is 0 Å². The van der Waals surface area contributed by atoms with E-state index < -0.39 is 31.0 Å². The van der Waals surface area contributed by atoms with Crippen LogP contribution in [0.3, 0.4) is 0 Å². The number of nitrogens with zero attached hydrogens (tertiary/aromatic N) is 2. The molecule has 8 nitrogen and oxygen atoms in total. The molecular formula is C18H28N2O6S2. The van der Waals surface area contributed by atoms with Gasteiger partial charge in [-0.2, -0.15) is 0 Å². The van der Waals surface area contributed by atoms with Crippen LogP contribution in [0, 0.1) is 0 Å². The van der Waals surface area contributed by atoms with Gasteiger partial charge in [0, 0.05) is 38.3 Å². The third kappa shape index (κ3) is 4.14. The van der Waals surface area contributed by atoms with Gasteiger partial charge in [0.15, 0.2) is 31.2 Å². The van der Waals surface area contributed by atoms with E-state index in [0.29, 0.717) is 24.6 Å². The first kappa shape index (κ1) is 21.4. The molecule has 158 valence electrons. The van der Waals surface area contributed by atoms with E-state index in [1.165, 1.54) is 32.4 Å². The highest BCUT2D eigenvalue weighted by molar-refractivity contribution is 7.96. The molecule has 0 radical (unpaired) electrons. The van der Waals surface area contributed by atoms with Crippen LogP contribution in [0.2, 0.25) is 0 Å². The number of hydrogen-bond acceptors (Lipinski definition) is 8. The Bertz CT molecular complexity index is 908. The van der Waals surface area contributed by atoms with E-state index in [0.717, 1.165) is 19.6 Å². The zero-order chi connectivity index (χ0) is 20.5. The van der Waals surface area contributed by atoms with Crippen LogP contribution in [-0.2, 0) is 19.7 Å². The molecule has 0 aliphatic carbocycles. The Hall–Kier alpha value is -1.36. The third-order valence-electron chi connectivity index (χ3n) is 5.68. The van der Waals surface area contributed by atoms with Crippen molar-refractivity contribution in [2.45, 2.75) is 23.1 Å². The lowest BCUT2D eigenvalue weighted by Gasteiger charge is -2.38. The second kappa shape index (κ2) is 8.17. The average molecular weight is 433 g/mol. The van der Waals surface area contributed by atoms with Gasteiger partial charge in [-0.25, -0.2) is 16.8 Å². The molecule has 2 heterocycles. The fraction of sp³-hybridized carbons (Fsp3) is 0.667. The Labute approximate surface area is 167 Å². The summed E-state index contributed by atoms with van der Waals surface area (Å²) in [6.07, 6.45) is 0. The highest BCUT2D eigenvalue weighted by Gasteiger charge is 2.48. The predicted molar refractivity (Wildman–Crippen MR) is 107 cm³/mol. The summed E-state index contributed by atoms with van der Waals surface area (Å²) >= 11 is 0. The summed E-state index contributed by atoms with van der Waals surface area (Å²) in [6.45, 7) is 5.99. The predicted octanol–water partition coefficient (Wildman–Crippen LogP) is 0.281. The lowest BCUT2D eigenvalue weighted by Crippen LogP contribution is -2.54. The third-order valence-corrected chi connectivity index (χ3v) is 9.79. The number of sulfone groups is 2. The van der Waals surface area contributed by atoms with E-state index in [2.05, 4.69) is 11.8 Å². The first-order valence-corrected chi connectivity index (χ1v) is 12.7. The number of likely N-dealkylation sites (N-methyl/N-ethyl adjacent to an activating group) is 1. The molecule has 2 saturated heterocycles. The molecule has 0 amide bonds. The maximum Gasteiger partial charge on any atom is 0.183 e. The van der Waals surface area contributed by atoms with Gasteiger partial charge in [-0.3, -0.25) is 4.90 Å². The standard InChI is InChI=1S/C18H28N2O6S2/c1-4-19-7-9-20(10-8-19)15-12-27(21,22)13-18(15)28(23,24)14-5-6-16(25-2)17(11-14)26-3/h5-6,11,15,18H,4,7-10,12-13H2,1-3H3/t15-,18-/m0/s1. The van der Waals surface area contributed by atoms with Crippen LogP contribution >= 0.6 is 0 Å². The van der Waals surface area contributed by atoms with E-state index in [4.69, 9.17) is 9.47 Å². The molecule has 2 atom stereocenters. The molecule has 28 heavy (non-hydrogen) atoms. The molecule has 0 unspecified atom stereocenters. The lowest BCUT2D eigenvalue weighted by molar-refractivity contribution is 0.109. The summed E-state index contributed by atoms with van der Waals surface area (Å²) in [7, 11) is -4.37. The second-order valence-electron chi connectivity index (χ2n) is 7.21. The van der Waals surface area contributed by atoms with Crippen molar-refractivity contribution in [1.82, 2.24) is 9.80 Å². The molecule has 0 saturated carbocycles. The van der Waals surface area contributed by atoms with Crippen LogP contribution in [-0.4, -0.2) is 96.4 Å². The van der Waals surface area contributed by atoms with Crippen molar-refractivity contribution in [3.8, 4) is 11.5 Å². The number of methoxy groups -OCH3 is 2. The van der Waals surface area contributed by atoms with E-state index in [1.807, 2.05) is 4.90 Å². The first-order chi connectivity index (χ1) is 13.2. The Balaban J connectivity index is 1.92. The molecule has 1 aromatic rings. The van der Waals surface area contributed by atoms with Gasteiger partial charge < -0.3 is 14.4 Å². The SMILES string of the molecule is CCN1CCN([C@H]2CS(=O)(=O)C[C@@H]2S(=O)(=O)c2ccc(OC)c(OC)c2)CC1. The summed E-state index contributed by atoms with van der Waals surface area (Å²) in [5, 5.41) is -0.983. The fourth-order valence-electron chi connectivity index (χ4n) is 4.01. The number of rotatable bonds is 6. The maximum absolute atomic E-state index is 13.4. The molecule has 0 bridgehead atoms. The van der Waals surface area contributed by atoms with Gasteiger partial charge >= 0.3 is 0 Å². The van der Waals surface area contributed by atoms with Crippen molar-refractivity contribution in [2.24, 2.45) is 0 Å². The van der Waals surface area contributed by atoms with Gasteiger partial charge in [0.25, 0.3) is 0 Å². The van der Waals surface area contributed by atoms with E-state index in [1.54, 1.807) is 0 Å². The van der Waals surface area contributed by atoms with Crippen molar-refractivity contribution >= 4 is 19.7 Å². The van der Waals surface area contributed by atoms with Crippen molar-refractivity contribution < 1.29 is 26.3 Å². The normalized spacial score (nSPS) is 26.2. The molecule has 2 aliphatic heterocycles. The minimum atomic E-state index is -3.85. The van der Waals surface area contributed by atoms with Gasteiger partial charge in [-0.1, -0.05) is 6.92 Å². The minimum absolute atomic E-state index is 0.0597. The molecule has 1 aromatic carbocycles. The van der Waals surface area contributed by atoms with Gasteiger partial charge in [0.1, 0.15) is 0 Å². The smallest absolute Gasteiger partial charge is 0.183 e. The number of ether oxygens (including phenoxy) is 2. The van der Waals surface area contributed by atoms with Crippen LogP contribution in [0.1, 0.15) is 6.92 Å². The van der Waals surface area contributed by atoms with Crippen LogP contribution < -0.4 is 9.47 Å². The summed E-state index contributed by atoms with van der Waals surface area (Å²) in [6, 6.07) is 3.87. The van der Waals surface area contributed by atoms with Crippen molar-refractivity contribution in [2.75, 3.05) is 58.4 Å².